The molecule has 1 nitrogen and oxygen atoms in total. The summed E-state index contributed by atoms with van der Waals surface area (Å²) in [6, 6.07) is 0.868. The highest BCUT2D eigenvalue weighted by molar-refractivity contribution is 4.82. The molecule has 1 fully saturated rings. The first-order valence-corrected chi connectivity index (χ1v) is 5.79. The second-order valence-corrected chi connectivity index (χ2v) is 5.28. The van der Waals surface area contributed by atoms with Gasteiger partial charge in [-0.1, -0.05) is 34.1 Å². The highest BCUT2D eigenvalue weighted by Crippen LogP contribution is 2.32. The molecular formula is C12H25N. The molecule has 1 aliphatic rings. The Balaban J connectivity index is 2.15. The Morgan fingerprint density at radius 3 is 2.46 bits per heavy atom. The fraction of sp³-hybridized carbons (Fsp3) is 1.00. The van der Waals surface area contributed by atoms with Gasteiger partial charge in [-0.05, 0) is 37.1 Å². The van der Waals surface area contributed by atoms with Gasteiger partial charge in [-0.25, -0.2) is 0 Å². The number of nitrogens with one attached hydrogen (secondary N) is 1. The molecule has 0 aromatic heterocycles. The molecular weight excluding hydrogens is 158 g/mol. The number of hydrogen-bond donors (Lipinski definition) is 1. The SMILES string of the molecule is CCC(C)C(C)(C)CCNC1CC1. The Morgan fingerprint density at radius 1 is 1.38 bits per heavy atom. The fourth-order valence-electron chi connectivity index (χ4n) is 1.68. The third-order valence-electron chi connectivity index (χ3n) is 3.73. The summed E-state index contributed by atoms with van der Waals surface area (Å²) in [5.41, 5.74) is 0.511. The molecule has 1 saturated carbocycles. The summed E-state index contributed by atoms with van der Waals surface area (Å²) in [6.45, 7) is 10.7. The lowest BCUT2D eigenvalue weighted by Crippen LogP contribution is -2.28. The van der Waals surface area contributed by atoms with Crippen LogP contribution in [-0.2, 0) is 0 Å². The smallest absolute Gasteiger partial charge is 0.00682 e. The molecule has 0 amide bonds. The second kappa shape index (κ2) is 4.45. The summed E-state index contributed by atoms with van der Waals surface area (Å²) in [7, 11) is 0. The summed E-state index contributed by atoms with van der Waals surface area (Å²) >= 11 is 0. The van der Waals surface area contributed by atoms with Gasteiger partial charge < -0.3 is 5.32 Å². The zero-order chi connectivity index (χ0) is 9.90. The van der Waals surface area contributed by atoms with E-state index in [1.165, 1.54) is 32.2 Å². The van der Waals surface area contributed by atoms with E-state index >= 15 is 0 Å². The Labute approximate surface area is 83.3 Å². The van der Waals surface area contributed by atoms with Crippen LogP contribution in [0, 0.1) is 11.3 Å². The third kappa shape index (κ3) is 3.68. The van der Waals surface area contributed by atoms with Crippen LogP contribution in [0.15, 0.2) is 0 Å². The van der Waals surface area contributed by atoms with Crippen molar-refractivity contribution in [1.29, 1.82) is 0 Å². The lowest BCUT2D eigenvalue weighted by atomic mass is 9.76. The summed E-state index contributed by atoms with van der Waals surface area (Å²) < 4.78 is 0. The molecule has 0 spiro atoms. The molecule has 1 unspecified atom stereocenters. The first-order chi connectivity index (χ1) is 6.06. The Hall–Kier alpha value is -0.0400. The van der Waals surface area contributed by atoms with E-state index in [9.17, 15) is 0 Å². The number of rotatable bonds is 6. The van der Waals surface area contributed by atoms with Crippen LogP contribution in [0.4, 0.5) is 0 Å². The van der Waals surface area contributed by atoms with Crippen molar-refractivity contribution in [3.05, 3.63) is 0 Å². The predicted molar refractivity (Wildman–Crippen MR) is 58.9 cm³/mol. The largest absolute Gasteiger partial charge is 0.314 e. The highest BCUT2D eigenvalue weighted by atomic mass is 14.9. The van der Waals surface area contributed by atoms with Gasteiger partial charge in [0.25, 0.3) is 0 Å². The first kappa shape index (κ1) is 11.0. The molecule has 1 heteroatoms. The average Bonchev–Trinajstić information content (AvgIpc) is 2.86. The minimum Gasteiger partial charge on any atom is -0.314 e. The van der Waals surface area contributed by atoms with Crippen molar-refractivity contribution in [3.8, 4) is 0 Å². The highest BCUT2D eigenvalue weighted by Gasteiger charge is 2.25. The molecule has 1 atom stereocenters. The van der Waals surface area contributed by atoms with E-state index in [-0.39, 0.29) is 0 Å². The van der Waals surface area contributed by atoms with Crippen LogP contribution in [0.25, 0.3) is 0 Å². The standard InChI is InChI=1S/C12H25N/c1-5-10(2)12(3,4)8-9-13-11-6-7-11/h10-11,13H,5-9H2,1-4H3. The van der Waals surface area contributed by atoms with E-state index < -0.39 is 0 Å². The third-order valence-corrected chi connectivity index (χ3v) is 3.73. The lowest BCUT2D eigenvalue weighted by Gasteiger charge is -2.31. The van der Waals surface area contributed by atoms with E-state index in [0.29, 0.717) is 5.41 Å². The van der Waals surface area contributed by atoms with Gasteiger partial charge in [-0.2, -0.15) is 0 Å². The van der Waals surface area contributed by atoms with E-state index in [2.05, 4.69) is 33.0 Å². The quantitative estimate of drug-likeness (QED) is 0.667. The van der Waals surface area contributed by atoms with Crippen molar-refractivity contribution in [1.82, 2.24) is 5.32 Å². The molecule has 0 heterocycles. The Kier molecular flexibility index (Phi) is 3.78. The fourth-order valence-corrected chi connectivity index (χ4v) is 1.68. The van der Waals surface area contributed by atoms with Gasteiger partial charge in [0.05, 0.1) is 0 Å². The van der Waals surface area contributed by atoms with E-state index in [1.807, 2.05) is 0 Å². The van der Waals surface area contributed by atoms with Crippen LogP contribution < -0.4 is 5.32 Å². The molecule has 1 N–H and O–H groups in total. The second-order valence-electron chi connectivity index (χ2n) is 5.28. The zero-order valence-corrected chi connectivity index (χ0v) is 9.69. The molecule has 1 aliphatic carbocycles. The molecule has 0 radical (unpaired) electrons. The van der Waals surface area contributed by atoms with Gasteiger partial charge in [0, 0.05) is 6.04 Å². The minimum atomic E-state index is 0.511. The lowest BCUT2D eigenvalue weighted by molar-refractivity contribution is 0.204. The first-order valence-electron chi connectivity index (χ1n) is 5.79. The number of hydrogen-bond acceptors (Lipinski definition) is 1. The summed E-state index contributed by atoms with van der Waals surface area (Å²) in [4.78, 5) is 0. The molecule has 1 rings (SSSR count). The van der Waals surface area contributed by atoms with Crippen LogP contribution >= 0.6 is 0 Å². The van der Waals surface area contributed by atoms with Crippen molar-refractivity contribution >= 4 is 0 Å². The van der Waals surface area contributed by atoms with Crippen LogP contribution in [0.1, 0.15) is 53.4 Å². The molecule has 0 saturated heterocycles. The van der Waals surface area contributed by atoms with Crippen LogP contribution in [0.5, 0.6) is 0 Å². The maximum atomic E-state index is 3.59. The van der Waals surface area contributed by atoms with Crippen molar-refractivity contribution in [2.45, 2.75) is 59.4 Å². The molecule has 0 aromatic rings. The molecule has 78 valence electrons. The Bertz CT molecular complexity index is 147. The van der Waals surface area contributed by atoms with Gasteiger partial charge >= 0.3 is 0 Å². The zero-order valence-electron chi connectivity index (χ0n) is 9.69. The Morgan fingerprint density at radius 2 is 2.00 bits per heavy atom. The van der Waals surface area contributed by atoms with Crippen LogP contribution in [-0.4, -0.2) is 12.6 Å². The van der Waals surface area contributed by atoms with Crippen LogP contribution in [0.3, 0.4) is 0 Å². The average molecular weight is 183 g/mol. The minimum absolute atomic E-state index is 0.511. The van der Waals surface area contributed by atoms with E-state index in [1.54, 1.807) is 0 Å². The normalized spacial score (nSPS) is 20.3. The summed E-state index contributed by atoms with van der Waals surface area (Å²) in [5, 5.41) is 3.59. The predicted octanol–water partition coefficient (Wildman–Crippen LogP) is 3.20. The van der Waals surface area contributed by atoms with Gasteiger partial charge in [0.1, 0.15) is 0 Å². The van der Waals surface area contributed by atoms with E-state index in [4.69, 9.17) is 0 Å². The molecule has 0 bridgehead atoms. The topological polar surface area (TPSA) is 12.0 Å². The summed E-state index contributed by atoms with van der Waals surface area (Å²) in [6.07, 6.45) is 5.43. The maximum absolute atomic E-state index is 3.59. The van der Waals surface area contributed by atoms with Crippen LogP contribution in [0.2, 0.25) is 0 Å². The molecule has 0 aliphatic heterocycles. The van der Waals surface area contributed by atoms with Crippen molar-refractivity contribution in [3.63, 3.8) is 0 Å². The van der Waals surface area contributed by atoms with Gasteiger partial charge in [0.2, 0.25) is 0 Å². The molecule has 0 aromatic carbocycles. The van der Waals surface area contributed by atoms with E-state index in [0.717, 1.165) is 12.0 Å². The van der Waals surface area contributed by atoms with Gasteiger partial charge in [-0.15, -0.1) is 0 Å². The van der Waals surface area contributed by atoms with Gasteiger partial charge in [-0.3, -0.25) is 0 Å². The van der Waals surface area contributed by atoms with Crippen molar-refractivity contribution < 1.29 is 0 Å². The summed E-state index contributed by atoms with van der Waals surface area (Å²) in [5.74, 6) is 0.841. The molecule has 13 heavy (non-hydrogen) atoms. The monoisotopic (exact) mass is 183 g/mol. The maximum Gasteiger partial charge on any atom is 0.00682 e. The van der Waals surface area contributed by atoms with Crippen molar-refractivity contribution in [2.24, 2.45) is 11.3 Å². The van der Waals surface area contributed by atoms with Crippen molar-refractivity contribution in [2.75, 3.05) is 6.54 Å². The van der Waals surface area contributed by atoms with Gasteiger partial charge in [0.15, 0.2) is 0 Å².